The van der Waals surface area contributed by atoms with Gasteiger partial charge in [0.05, 0.1) is 30.4 Å². The van der Waals surface area contributed by atoms with Gasteiger partial charge in [0.2, 0.25) is 0 Å². The Hall–Kier alpha value is -2.71. The summed E-state index contributed by atoms with van der Waals surface area (Å²) in [5, 5.41) is 11.9. The van der Waals surface area contributed by atoms with E-state index in [0.717, 1.165) is 0 Å². The van der Waals surface area contributed by atoms with Crippen LogP contribution in [0.4, 0.5) is 5.69 Å². The van der Waals surface area contributed by atoms with Gasteiger partial charge in [0.25, 0.3) is 5.91 Å². The van der Waals surface area contributed by atoms with Gasteiger partial charge in [-0.05, 0) is 37.3 Å². The summed E-state index contributed by atoms with van der Waals surface area (Å²) in [4.78, 5) is 12.4. The van der Waals surface area contributed by atoms with Crippen molar-refractivity contribution in [1.82, 2.24) is 0 Å². The number of anilines is 1. The molecule has 23 heavy (non-hydrogen) atoms. The third-order valence-corrected chi connectivity index (χ3v) is 3.31. The average molecular weight is 331 g/mol. The number of nitrogens with one attached hydrogen (secondary N) is 1. The van der Waals surface area contributed by atoms with Gasteiger partial charge < -0.3 is 14.8 Å². The molecule has 0 radical (unpaired) electrons. The van der Waals surface area contributed by atoms with Crippen LogP contribution >= 0.6 is 11.6 Å². The molecule has 0 bridgehead atoms. The van der Waals surface area contributed by atoms with Gasteiger partial charge in [0.1, 0.15) is 0 Å². The summed E-state index contributed by atoms with van der Waals surface area (Å²) in [5.74, 6) is 0.429. The Kier molecular flexibility index (Phi) is 5.45. The molecule has 0 aliphatic carbocycles. The Labute approximate surface area is 139 Å². The Morgan fingerprint density at radius 2 is 2.13 bits per heavy atom. The lowest BCUT2D eigenvalue weighted by atomic mass is 10.1. The second kappa shape index (κ2) is 7.52. The molecule has 0 fully saturated rings. The highest BCUT2D eigenvalue weighted by Gasteiger charge is 2.16. The van der Waals surface area contributed by atoms with Crippen molar-refractivity contribution in [1.29, 1.82) is 5.26 Å². The molecule has 0 atom stereocenters. The molecular weight excluding hydrogens is 316 g/mol. The molecule has 0 aliphatic rings. The van der Waals surface area contributed by atoms with E-state index in [2.05, 4.69) is 5.32 Å². The number of rotatable bonds is 5. The number of amides is 1. The topological polar surface area (TPSA) is 71.3 Å². The second-order valence-corrected chi connectivity index (χ2v) is 4.98. The summed E-state index contributed by atoms with van der Waals surface area (Å²) >= 11 is 6.16. The van der Waals surface area contributed by atoms with Gasteiger partial charge in [-0.1, -0.05) is 17.7 Å². The number of halogens is 1. The smallest absolute Gasteiger partial charge is 0.255 e. The van der Waals surface area contributed by atoms with Crippen LogP contribution in [-0.4, -0.2) is 19.6 Å². The van der Waals surface area contributed by atoms with E-state index in [4.69, 9.17) is 26.3 Å². The fraction of sp³-hybridized carbons (Fsp3) is 0.176. The number of nitriles is 1. The number of carbonyl (C=O) groups is 1. The molecule has 0 aromatic heterocycles. The Bertz CT molecular complexity index is 769. The number of ether oxygens (including phenoxy) is 2. The van der Waals surface area contributed by atoms with E-state index in [1.165, 1.54) is 13.2 Å². The predicted octanol–water partition coefficient (Wildman–Crippen LogP) is 3.87. The van der Waals surface area contributed by atoms with Crippen LogP contribution in [0.25, 0.3) is 0 Å². The lowest BCUT2D eigenvalue weighted by Gasteiger charge is -2.13. The van der Waals surface area contributed by atoms with Crippen LogP contribution in [0.2, 0.25) is 5.02 Å². The molecule has 1 N–H and O–H groups in total. The average Bonchev–Trinajstić information content (AvgIpc) is 2.56. The summed E-state index contributed by atoms with van der Waals surface area (Å²) in [6.07, 6.45) is 0. The normalized spacial score (nSPS) is 9.83. The third kappa shape index (κ3) is 3.93. The highest BCUT2D eigenvalue weighted by molar-refractivity contribution is 6.32. The summed E-state index contributed by atoms with van der Waals surface area (Å²) in [6.45, 7) is 2.27. The fourth-order valence-corrected chi connectivity index (χ4v) is 2.27. The van der Waals surface area contributed by atoms with Crippen molar-refractivity contribution in [2.75, 3.05) is 19.0 Å². The van der Waals surface area contributed by atoms with Crippen molar-refractivity contribution in [3.8, 4) is 17.6 Å². The molecule has 0 heterocycles. The maximum Gasteiger partial charge on any atom is 0.255 e. The third-order valence-electron chi connectivity index (χ3n) is 3.03. The number of benzene rings is 2. The molecular formula is C17H15ClN2O3. The number of methoxy groups -OCH3 is 1. The summed E-state index contributed by atoms with van der Waals surface area (Å²) in [6, 6.07) is 11.7. The van der Waals surface area contributed by atoms with E-state index in [1.807, 2.05) is 13.0 Å². The molecule has 118 valence electrons. The molecule has 2 aromatic rings. The summed E-state index contributed by atoms with van der Waals surface area (Å²) in [5.41, 5.74) is 1.32. The zero-order chi connectivity index (χ0) is 16.8. The maximum atomic E-state index is 12.4. The zero-order valence-corrected chi connectivity index (χ0v) is 13.5. The Morgan fingerprint density at radius 1 is 1.35 bits per heavy atom. The molecule has 2 aromatic carbocycles. The molecule has 0 unspecified atom stereocenters. The second-order valence-electron chi connectivity index (χ2n) is 4.57. The van der Waals surface area contributed by atoms with Crippen molar-refractivity contribution in [2.45, 2.75) is 6.92 Å². The molecule has 1 amide bonds. The van der Waals surface area contributed by atoms with Crippen LogP contribution < -0.4 is 14.8 Å². The number of hydrogen-bond donors (Lipinski definition) is 1. The zero-order valence-electron chi connectivity index (χ0n) is 12.7. The van der Waals surface area contributed by atoms with Gasteiger partial charge in [-0.3, -0.25) is 4.79 Å². The minimum absolute atomic E-state index is 0.294. The fourth-order valence-electron chi connectivity index (χ4n) is 2.01. The molecule has 0 saturated carbocycles. The van der Waals surface area contributed by atoms with Crippen molar-refractivity contribution in [3.63, 3.8) is 0 Å². The first-order valence-corrected chi connectivity index (χ1v) is 7.28. The lowest BCUT2D eigenvalue weighted by molar-refractivity contribution is 0.102. The van der Waals surface area contributed by atoms with Crippen molar-refractivity contribution >= 4 is 23.2 Å². The maximum absolute atomic E-state index is 12.4. The highest BCUT2D eigenvalue weighted by atomic mass is 35.5. The first kappa shape index (κ1) is 16.7. The van der Waals surface area contributed by atoms with E-state index in [1.54, 1.807) is 30.3 Å². The lowest BCUT2D eigenvalue weighted by Crippen LogP contribution is -2.12. The van der Waals surface area contributed by atoms with Crippen molar-refractivity contribution in [3.05, 3.63) is 52.5 Å². The van der Waals surface area contributed by atoms with E-state index >= 15 is 0 Å². The minimum atomic E-state index is -0.358. The van der Waals surface area contributed by atoms with Gasteiger partial charge in [-0.2, -0.15) is 5.26 Å². The van der Waals surface area contributed by atoms with Crippen molar-refractivity contribution in [2.24, 2.45) is 0 Å². The van der Waals surface area contributed by atoms with Gasteiger partial charge in [0, 0.05) is 11.3 Å². The first-order chi connectivity index (χ1) is 11.1. The van der Waals surface area contributed by atoms with Crippen LogP contribution in [-0.2, 0) is 0 Å². The predicted molar refractivity (Wildman–Crippen MR) is 88.3 cm³/mol. The SMILES string of the molecule is CCOc1c(Cl)cc(C(=O)Nc2cccc(C#N)c2)cc1OC. The van der Waals surface area contributed by atoms with Crippen LogP contribution in [0.3, 0.4) is 0 Å². The Morgan fingerprint density at radius 3 is 2.78 bits per heavy atom. The van der Waals surface area contributed by atoms with E-state index in [-0.39, 0.29) is 5.91 Å². The van der Waals surface area contributed by atoms with Crippen LogP contribution in [0, 0.1) is 11.3 Å². The monoisotopic (exact) mass is 330 g/mol. The van der Waals surface area contributed by atoms with Gasteiger partial charge in [-0.25, -0.2) is 0 Å². The van der Waals surface area contributed by atoms with Crippen LogP contribution in [0.15, 0.2) is 36.4 Å². The highest BCUT2D eigenvalue weighted by Crippen LogP contribution is 2.36. The van der Waals surface area contributed by atoms with Gasteiger partial charge in [0.15, 0.2) is 11.5 Å². The van der Waals surface area contributed by atoms with Crippen LogP contribution in [0.1, 0.15) is 22.8 Å². The largest absolute Gasteiger partial charge is 0.493 e. The summed E-state index contributed by atoms with van der Waals surface area (Å²) in [7, 11) is 1.48. The summed E-state index contributed by atoms with van der Waals surface area (Å²) < 4.78 is 10.6. The molecule has 2 rings (SSSR count). The molecule has 0 saturated heterocycles. The number of hydrogen-bond acceptors (Lipinski definition) is 4. The number of nitrogens with zero attached hydrogens (tertiary/aromatic N) is 1. The van der Waals surface area contributed by atoms with Crippen LogP contribution in [0.5, 0.6) is 11.5 Å². The molecule has 6 heteroatoms. The molecule has 5 nitrogen and oxygen atoms in total. The first-order valence-electron chi connectivity index (χ1n) is 6.91. The number of carbonyl (C=O) groups excluding carboxylic acids is 1. The standard InChI is InChI=1S/C17H15ClN2O3/c1-3-23-16-14(18)8-12(9-15(16)22-2)17(21)20-13-6-4-5-11(7-13)10-19/h4-9H,3H2,1-2H3,(H,20,21). The van der Waals surface area contributed by atoms with Gasteiger partial charge >= 0.3 is 0 Å². The molecule has 0 aliphatic heterocycles. The van der Waals surface area contributed by atoms with E-state index in [9.17, 15) is 4.79 Å². The van der Waals surface area contributed by atoms with Crippen molar-refractivity contribution < 1.29 is 14.3 Å². The molecule has 0 spiro atoms. The van der Waals surface area contributed by atoms with E-state index in [0.29, 0.717) is 39.9 Å². The Balaban J connectivity index is 2.29. The quantitative estimate of drug-likeness (QED) is 0.903. The van der Waals surface area contributed by atoms with Gasteiger partial charge in [-0.15, -0.1) is 0 Å². The minimum Gasteiger partial charge on any atom is -0.493 e. The van der Waals surface area contributed by atoms with E-state index < -0.39 is 0 Å².